The van der Waals surface area contributed by atoms with Gasteiger partial charge in [-0.2, -0.15) is 0 Å². The van der Waals surface area contributed by atoms with Crippen molar-refractivity contribution < 1.29 is 40.9 Å². The van der Waals surface area contributed by atoms with E-state index in [1.54, 1.807) is 85.0 Å². The molecular weight excluding hydrogens is 705 g/mol. The zero-order valence-corrected chi connectivity index (χ0v) is 30.3. The Balaban J connectivity index is 1.41. The highest BCUT2D eigenvalue weighted by atomic mass is 16.3. The molecule has 6 aromatic rings. The Labute approximate surface area is 322 Å². The number of aliphatic hydroxyl groups is 3. The summed E-state index contributed by atoms with van der Waals surface area (Å²) < 4.78 is 0. The van der Waals surface area contributed by atoms with Crippen molar-refractivity contribution in [1.29, 1.82) is 0 Å². The van der Waals surface area contributed by atoms with Gasteiger partial charge in [0.25, 0.3) is 0 Å². The first-order chi connectivity index (χ1) is 27.0. The van der Waals surface area contributed by atoms with Crippen LogP contribution in [0.4, 0.5) is 0 Å². The third-order valence-corrected chi connectivity index (χ3v) is 11.0. The molecule has 8 N–H and O–H groups in total. The lowest BCUT2D eigenvalue weighted by atomic mass is 9.76. The Hall–Kier alpha value is -6.90. The maximum Gasteiger partial charge on any atom is 0.120 e. The van der Waals surface area contributed by atoms with Crippen LogP contribution in [0, 0.1) is 0 Å². The number of rotatable bonds is 7. The maximum atomic E-state index is 12.4. The first-order valence-corrected chi connectivity index (χ1v) is 18.4. The summed E-state index contributed by atoms with van der Waals surface area (Å²) in [5, 5.41) is 92.5. The maximum absolute atomic E-state index is 12.4. The van der Waals surface area contributed by atoms with Crippen molar-refractivity contribution in [2.75, 3.05) is 0 Å². The summed E-state index contributed by atoms with van der Waals surface area (Å²) in [6.07, 6.45) is 6.88. The molecular formula is C48H40O8. The zero-order valence-electron chi connectivity index (χ0n) is 30.3. The van der Waals surface area contributed by atoms with Crippen LogP contribution in [-0.2, 0) is 6.42 Å². The Morgan fingerprint density at radius 2 is 1.38 bits per heavy atom. The largest absolute Gasteiger partial charge is 0.512 e. The summed E-state index contributed by atoms with van der Waals surface area (Å²) >= 11 is 0. The molecule has 6 aromatic carbocycles. The standard InChI is InChI=1S/C48H40O8/c1-2-3-28-22-35(52)14-18-39(28)48(56)44(47-38-17-13-34(51)25-31(38)10-21-42(47)55)27-6-4-26(5-7-27)43(45-36-15-11-32(49)23-29(36)8-19-40(45)53)46-37-16-12-33(50)24-30(37)9-20-41(46)54/h2-12,14-16,18-19,21-25,41,43-44,49-56H,1,13,17,20H2/b28-3-,48-39-. The highest BCUT2D eigenvalue weighted by molar-refractivity contribution is 5.92. The second kappa shape index (κ2) is 14.4. The molecule has 0 aliphatic heterocycles. The fraction of sp³-hybridized carbons (Fsp3) is 0.125. The molecule has 0 saturated carbocycles. The SMILES string of the molecule is C=C/C=c1/cc(O)cc/c1=C(/O)C(c1ccc(C(C2=c3ccc(O)cc3=CCC2O)c2c(O)ccc3cc(O)ccc23)cc1)c1c(O)ccc2c1CCC(O)=C2. The van der Waals surface area contributed by atoms with E-state index in [1.165, 1.54) is 12.1 Å². The molecule has 3 atom stereocenters. The first kappa shape index (κ1) is 36.1. The summed E-state index contributed by atoms with van der Waals surface area (Å²) in [5.74, 6) is -1.37. The van der Waals surface area contributed by atoms with E-state index >= 15 is 0 Å². The number of aliphatic hydroxyl groups excluding tert-OH is 3. The molecule has 56 heavy (non-hydrogen) atoms. The fourth-order valence-electron chi connectivity index (χ4n) is 8.47. The number of allylic oxidation sites excluding steroid dienone is 2. The molecule has 0 amide bonds. The van der Waals surface area contributed by atoms with Gasteiger partial charge in [-0.25, -0.2) is 0 Å². The molecule has 0 saturated heterocycles. The number of hydrogen-bond donors (Lipinski definition) is 8. The van der Waals surface area contributed by atoms with Crippen molar-refractivity contribution in [3.8, 4) is 28.7 Å². The molecule has 0 spiro atoms. The van der Waals surface area contributed by atoms with Crippen LogP contribution in [-0.4, -0.2) is 47.0 Å². The highest BCUT2D eigenvalue weighted by Gasteiger charge is 2.32. The third-order valence-electron chi connectivity index (χ3n) is 11.0. The van der Waals surface area contributed by atoms with Crippen molar-refractivity contribution >= 4 is 40.3 Å². The van der Waals surface area contributed by atoms with Crippen LogP contribution in [0.3, 0.4) is 0 Å². The number of hydrogen-bond acceptors (Lipinski definition) is 8. The van der Waals surface area contributed by atoms with E-state index in [0.29, 0.717) is 67.1 Å². The van der Waals surface area contributed by atoms with E-state index in [2.05, 4.69) is 6.58 Å². The Morgan fingerprint density at radius 3 is 2.16 bits per heavy atom. The molecule has 280 valence electrons. The van der Waals surface area contributed by atoms with Gasteiger partial charge >= 0.3 is 0 Å². The van der Waals surface area contributed by atoms with Gasteiger partial charge in [-0.3, -0.25) is 0 Å². The summed E-state index contributed by atoms with van der Waals surface area (Å²) in [6, 6.07) is 28.6. The molecule has 2 aliphatic rings. The van der Waals surface area contributed by atoms with Crippen LogP contribution in [0.1, 0.15) is 58.1 Å². The molecule has 0 radical (unpaired) electrons. The summed E-state index contributed by atoms with van der Waals surface area (Å²) in [4.78, 5) is 0. The molecule has 3 unspecified atom stereocenters. The number of aromatic hydroxyl groups is 5. The predicted octanol–water partition coefficient (Wildman–Crippen LogP) is 6.21. The van der Waals surface area contributed by atoms with Gasteiger partial charge in [-0.15, -0.1) is 0 Å². The van der Waals surface area contributed by atoms with Crippen molar-refractivity contribution in [1.82, 2.24) is 0 Å². The van der Waals surface area contributed by atoms with E-state index in [0.717, 1.165) is 16.3 Å². The van der Waals surface area contributed by atoms with Gasteiger partial charge < -0.3 is 40.9 Å². The summed E-state index contributed by atoms with van der Waals surface area (Å²) in [6.45, 7) is 3.81. The van der Waals surface area contributed by atoms with Crippen LogP contribution >= 0.6 is 0 Å². The normalized spacial score (nSPS) is 16.9. The van der Waals surface area contributed by atoms with E-state index in [9.17, 15) is 40.9 Å². The molecule has 0 aromatic heterocycles. The smallest absolute Gasteiger partial charge is 0.120 e. The van der Waals surface area contributed by atoms with Crippen molar-refractivity contribution in [3.63, 3.8) is 0 Å². The van der Waals surface area contributed by atoms with Crippen LogP contribution in [0.2, 0.25) is 0 Å². The third kappa shape index (κ3) is 6.40. The monoisotopic (exact) mass is 744 g/mol. The molecule has 8 nitrogen and oxygen atoms in total. The van der Waals surface area contributed by atoms with Crippen LogP contribution in [0.5, 0.6) is 28.7 Å². The number of fused-ring (bicyclic) bond motifs is 3. The topological polar surface area (TPSA) is 162 Å². The van der Waals surface area contributed by atoms with Crippen molar-refractivity contribution in [3.05, 3.63) is 176 Å². The number of phenolic OH excluding ortho intramolecular Hbond substituents is 5. The van der Waals surface area contributed by atoms with Gasteiger partial charge in [-0.05, 0) is 128 Å². The van der Waals surface area contributed by atoms with Crippen molar-refractivity contribution in [2.45, 2.75) is 37.2 Å². The first-order valence-electron chi connectivity index (χ1n) is 18.4. The summed E-state index contributed by atoms with van der Waals surface area (Å²) in [5.41, 5.74) is 4.42. The molecule has 0 heterocycles. The van der Waals surface area contributed by atoms with Gasteiger partial charge in [0.15, 0.2) is 0 Å². The van der Waals surface area contributed by atoms with E-state index in [1.807, 2.05) is 30.3 Å². The predicted molar refractivity (Wildman–Crippen MR) is 218 cm³/mol. The van der Waals surface area contributed by atoms with Crippen LogP contribution < -0.4 is 20.9 Å². The Bertz CT molecular complexity index is 2850. The van der Waals surface area contributed by atoms with Gasteiger partial charge in [0.2, 0.25) is 0 Å². The highest BCUT2D eigenvalue weighted by Crippen LogP contribution is 2.46. The summed E-state index contributed by atoms with van der Waals surface area (Å²) in [7, 11) is 0. The second-order valence-corrected chi connectivity index (χ2v) is 14.4. The minimum Gasteiger partial charge on any atom is -0.512 e. The van der Waals surface area contributed by atoms with Gasteiger partial charge in [-0.1, -0.05) is 73.3 Å². The van der Waals surface area contributed by atoms with Crippen molar-refractivity contribution in [2.24, 2.45) is 0 Å². The van der Waals surface area contributed by atoms with Crippen LogP contribution in [0.15, 0.2) is 122 Å². The molecule has 2 aliphatic carbocycles. The average Bonchev–Trinajstić information content (AvgIpc) is 3.18. The molecule has 0 fully saturated rings. The van der Waals surface area contributed by atoms with Gasteiger partial charge in [0, 0.05) is 28.7 Å². The lowest BCUT2D eigenvalue weighted by molar-refractivity contribution is 0.232. The van der Waals surface area contributed by atoms with E-state index in [4.69, 9.17) is 0 Å². The molecule has 0 bridgehead atoms. The van der Waals surface area contributed by atoms with E-state index < -0.39 is 17.9 Å². The minimum atomic E-state index is -0.945. The Morgan fingerprint density at radius 1 is 0.696 bits per heavy atom. The van der Waals surface area contributed by atoms with E-state index in [-0.39, 0.29) is 46.7 Å². The zero-order chi connectivity index (χ0) is 39.2. The second-order valence-electron chi connectivity index (χ2n) is 14.4. The van der Waals surface area contributed by atoms with Crippen LogP contribution in [0.25, 0.3) is 40.3 Å². The van der Waals surface area contributed by atoms with Gasteiger partial charge in [0.1, 0.15) is 34.5 Å². The quantitative estimate of drug-likeness (QED) is 0.0959. The van der Waals surface area contributed by atoms with Gasteiger partial charge in [0.05, 0.1) is 17.8 Å². The number of benzene rings is 6. The lowest BCUT2D eigenvalue weighted by Gasteiger charge is -2.30. The Kier molecular flexibility index (Phi) is 9.28. The molecule has 8 rings (SSSR count). The fourth-order valence-corrected chi connectivity index (χ4v) is 8.47. The average molecular weight is 745 g/mol. The number of phenols is 5. The minimum absolute atomic E-state index is 0.00540. The molecule has 8 heteroatoms. The lowest BCUT2D eigenvalue weighted by Crippen LogP contribution is -2.37.